The Kier molecular flexibility index (Phi) is 6.66. The monoisotopic (exact) mass is 360 g/mol. The minimum atomic E-state index is -4.84. The zero-order valence-electron chi connectivity index (χ0n) is 13.8. The molecular weight excluding hydrogens is 337 g/mol. The van der Waals surface area contributed by atoms with Crippen LogP contribution < -0.4 is 10.6 Å². The number of ether oxygens (including phenoxy) is 1. The summed E-state index contributed by atoms with van der Waals surface area (Å²) >= 11 is 0. The Balaban J connectivity index is 1.79. The van der Waals surface area contributed by atoms with Crippen molar-refractivity contribution >= 4 is 6.03 Å². The van der Waals surface area contributed by atoms with Crippen molar-refractivity contribution in [2.75, 3.05) is 19.7 Å². The second-order valence-corrected chi connectivity index (χ2v) is 6.08. The predicted octanol–water partition coefficient (Wildman–Crippen LogP) is 2.69. The lowest BCUT2D eigenvalue weighted by atomic mass is 9.89. The van der Waals surface area contributed by atoms with Crippen molar-refractivity contribution in [2.45, 2.75) is 43.6 Å². The highest BCUT2D eigenvalue weighted by molar-refractivity contribution is 5.73. The highest BCUT2D eigenvalue weighted by atomic mass is 19.4. The first kappa shape index (κ1) is 19.5. The molecule has 0 spiro atoms. The van der Waals surface area contributed by atoms with Gasteiger partial charge in [0.05, 0.1) is 6.10 Å². The van der Waals surface area contributed by atoms with E-state index in [0.29, 0.717) is 13.0 Å². The van der Waals surface area contributed by atoms with E-state index in [1.807, 2.05) is 0 Å². The van der Waals surface area contributed by atoms with Crippen molar-refractivity contribution in [1.29, 1.82) is 0 Å². The average molecular weight is 360 g/mol. The SMILES string of the molecule is O=C(NCC[C@H]1CCCO1)NCC[C@@](O)(c1ccccc1)C(F)(F)F. The number of hydrogen-bond acceptors (Lipinski definition) is 3. The molecule has 8 heteroatoms. The van der Waals surface area contributed by atoms with Crippen molar-refractivity contribution < 1.29 is 27.8 Å². The van der Waals surface area contributed by atoms with Crippen LogP contribution in [-0.2, 0) is 10.3 Å². The summed E-state index contributed by atoms with van der Waals surface area (Å²) in [7, 11) is 0. The molecule has 1 heterocycles. The van der Waals surface area contributed by atoms with E-state index in [9.17, 15) is 23.1 Å². The zero-order chi connectivity index (χ0) is 18.3. The highest BCUT2D eigenvalue weighted by Gasteiger charge is 2.54. The number of alkyl halides is 3. The molecule has 1 aliphatic heterocycles. The molecule has 2 atom stereocenters. The maximum absolute atomic E-state index is 13.3. The van der Waals surface area contributed by atoms with E-state index < -0.39 is 24.2 Å². The van der Waals surface area contributed by atoms with Gasteiger partial charge in [0.25, 0.3) is 0 Å². The van der Waals surface area contributed by atoms with Gasteiger partial charge in [-0.2, -0.15) is 13.2 Å². The summed E-state index contributed by atoms with van der Waals surface area (Å²) in [6.07, 6.45) is -2.74. The lowest BCUT2D eigenvalue weighted by molar-refractivity contribution is -0.268. The van der Waals surface area contributed by atoms with Gasteiger partial charge in [0.15, 0.2) is 5.60 Å². The van der Waals surface area contributed by atoms with Crippen LogP contribution in [0.2, 0.25) is 0 Å². The Morgan fingerprint density at radius 1 is 1.20 bits per heavy atom. The van der Waals surface area contributed by atoms with Crippen LogP contribution in [0, 0.1) is 0 Å². The summed E-state index contributed by atoms with van der Waals surface area (Å²) in [6, 6.07) is 6.30. The third-order valence-electron chi connectivity index (χ3n) is 4.27. The molecule has 0 unspecified atom stereocenters. The molecule has 0 aliphatic carbocycles. The van der Waals surface area contributed by atoms with E-state index in [-0.39, 0.29) is 18.2 Å². The molecule has 2 amide bonds. The van der Waals surface area contributed by atoms with E-state index in [2.05, 4.69) is 10.6 Å². The number of carbonyl (C=O) groups is 1. The summed E-state index contributed by atoms with van der Waals surface area (Å²) in [4.78, 5) is 11.7. The Labute approximate surface area is 144 Å². The molecule has 0 bridgehead atoms. The van der Waals surface area contributed by atoms with Gasteiger partial charge in [0, 0.05) is 26.1 Å². The molecule has 1 aromatic rings. The molecule has 5 nitrogen and oxygen atoms in total. The van der Waals surface area contributed by atoms with Crippen LogP contribution >= 0.6 is 0 Å². The van der Waals surface area contributed by atoms with Crippen LogP contribution in [-0.4, -0.2) is 43.1 Å². The first-order chi connectivity index (χ1) is 11.8. The molecule has 2 rings (SSSR count). The number of nitrogens with one attached hydrogen (secondary N) is 2. The van der Waals surface area contributed by atoms with Gasteiger partial charge in [-0.15, -0.1) is 0 Å². The largest absolute Gasteiger partial charge is 0.421 e. The molecule has 0 aromatic heterocycles. The van der Waals surface area contributed by atoms with Crippen LogP contribution in [0.5, 0.6) is 0 Å². The summed E-state index contributed by atoms with van der Waals surface area (Å²) in [5.74, 6) is 0. The second-order valence-electron chi connectivity index (χ2n) is 6.08. The van der Waals surface area contributed by atoms with E-state index >= 15 is 0 Å². The quantitative estimate of drug-likeness (QED) is 0.700. The lowest BCUT2D eigenvalue weighted by Gasteiger charge is -2.31. The third-order valence-corrected chi connectivity index (χ3v) is 4.27. The summed E-state index contributed by atoms with van der Waals surface area (Å²) in [5.41, 5.74) is -3.25. The molecule has 0 radical (unpaired) electrons. The van der Waals surface area contributed by atoms with Gasteiger partial charge in [0.1, 0.15) is 0 Å². The van der Waals surface area contributed by atoms with E-state index in [4.69, 9.17) is 4.74 Å². The number of carbonyl (C=O) groups excluding carboxylic acids is 1. The van der Waals surface area contributed by atoms with Gasteiger partial charge in [-0.25, -0.2) is 4.79 Å². The number of urea groups is 1. The molecule has 1 saturated heterocycles. The van der Waals surface area contributed by atoms with Crippen molar-refractivity contribution in [3.8, 4) is 0 Å². The predicted molar refractivity (Wildman–Crippen MR) is 86.0 cm³/mol. The highest BCUT2D eigenvalue weighted by Crippen LogP contribution is 2.41. The van der Waals surface area contributed by atoms with Crippen molar-refractivity contribution in [3.63, 3.8) is 0 Å². The fraction of sp³-hybridized carbons (Fsp3) is 0.588. The van der Waals surface area contributed by atoms with Crippen LogP contribution in [0.25, 0.3) is 0 Å². The number of benzene rings is 1. The Morgan fingerprint density at radius 2 is 1.88 bits per heavy atom. The standard InChI is InChI=1S/C17H23F3N2O3/c18-17(19,20)16(24,13-5-2-1-3-6-13)9-11-22-15(23)21-10-8-14-7-4-12-25-14/h1-3,5-6,14,24H,4,7-12H2,(H2,21,22,23)/t14-,16-/m1/s1. The number of amides is 2. The Hall–Kier alpha value is -1.80. The number of hydrogen-bond donors (Lipinski definition) is 3. The second kappa shape index (κ2) is 8.53. The van der Waals surface area contributed by atoms with E-state index in [0.717, 1.165) is 19.4 Å². The van der Waals surface area contributed by atoms with Crippen molar-refractivity contribution in [2.24, 2.45) is 0 Å². The van der Waals surface area contributed by atoms with Gasteiger partial charge >= 0.3 is 12.2 Å². The smallest absolute Gasteiger partial charge is 0.378 e. The first-order valence-electron chi connectivity index (χ1n) is 8.31. The number of aliphatic hydroxyl groups is 1. The first-order valence-corrected chi connectivity index (χ1v) is 8.31. The molecule has 25 heavy (non-hydrogen) atoms. The lowest BCUT2D eigenvalue weighted by Crippen LogP contribution is -2.46. The summed E-state index contributed by atoms with van der Waals surface area (Å²) < 4.78 is 45.3. The fourth-order valence-electron chi connectivity index (χ4n) is 2.80. The van der Waals surface area contributed by atoms with Gasteiger partial charge < -0.3 is 20.5 Å². The van der Waals surface area contributed by atoms with Gasteiger partial charge in [-0.05, 0) is 24.8 Å². The van der Waals surface area contributed by atoms with Crippen LogP contribution in [0.1, 0.15) is 31.2 Å². The van der Waals surface area contributed by atoms with Crippen LogP contribution in [0.3, 0.4) is 0 Å². The van der Waals surface area contributed by atoms with Gasteiger partial charge in [-0.1, -0.05) is 30.3 Å². The van der Waals surface area contributed by atoms with E-state index in [1.165, 1.54) is 24.3 Å². The maximum Gasteiger partial charge on any atom is 0.421 e. The van der Waals surface area contributed by atoms with Crippen molar-refractivity contribution in [1.82, 2.24) is 10.6 Å². The number of halogens is 3. The molecule has 1 fully saturated rings. The van der Waals surface area contributed by atoms with Crippen molar-refractivity contribution in [3.05, 3.63) is 35.9 Å². The Morgan fingerprint density at radius 3 is 2.48 bits per heavy atom. The van der Waals surface area contributed by atoms with Gasteiger partial charge in [0.2, 0.25) is 0 Å². The maximum atomic E-state index is 13.3. The summed E-state index contributed by atoms with van der Waals surface area (Å²) in [5, 5.41) is 15.1. The minimum Gasteiger partial charge on any atom is -0.378 e. The normalized spacial score (nSPS) is 20.1. The molecule has 140 valence electrons. The Bertz CT molecular complexity index is 548. The van der Waals surface area contributed by atoms with Gasteiger partial charge in [-0.3, -0.25) is 0 Å². The molecule has 1 aromatic carbocycles. The minimum absolute atomic E-state index is 0.133. The fourth-order valence-corrected chi connectivity index (χ4v) is 2.80. The molecular formula is C17H23F3N2O3. The summed E-state index contributed by atoms with van der Waals surface area (Å²) in [6.45, 7) is 0.807. The van der Waals surface area contributed by atoms with E-state index in [1.54, 1.807) is 6.07 Å². The molecule has 1 aliphatic rings. The zero-order valence-corrected chi connectivity index (χ0v) is 13.8. The topological polar surface area (TPSA) is 70.6 Å². The average Bonchev–Trinajstić information content (AvgIpc) is 3.08. The number of rotatable bonds is 7. The third kappa shape index (κ3) is 5.34. The molecule has 0 saturated carbocycles. The van der Waals surface area contributed by atoms with Crippen LogP contribution in [0.15, 0.2) is 30.3 Å². The molecule has 3 N–H and O–H groups in total. The van der Waals surface area contributed by atoms with Crippen LogP contribution in [0.4, 0.5) is 18.0 Å².